The predicted octanol–water partition coefficient (Wildman–Crippen LogP) is 8.62. The van der Waals surface area contributed by atoms with E-state index in [0.29, 0.717) is 5.92 Å². The van der Waals surface area contributed by atoms with E-state index in [0.717, 1.165) is 40.5 Å². The zero-order chi connectivity index (χ0) is 21.6. The Morgan fingerprint density at radius 1 is 0.645 bits per heavy atom. The molecule has 0 atom stereocenters. The Balaban J connectivity index is 1.59. The molecule has 4 aromatic rings. The molecule has 4 rings (SSSR count). The number of benzene rings is 4. The van der Waals surface area contributed by atoms with E-state index in [1.54, 1.807) is 0 Å². The van der Waals surface area contributed by atoms with E-state index >= 15 is 0 Å². The third-order valence-electron chi connectivity index (χ3n) is 5.35. The van der Waals surface area contributed by atoms with Gasteiger partial charge in [-0.15, -0.1) is 0 Å². The molecule has 0 saturated carbocycles. The van der Waals surface area contributed by atoms with Gasteiger partial charge in [0, 0.05) is 5.56 Å². The number of aryl methyl sites for hydroxylation is 1. The molecule has 4 aromatic carbocycles. The Kier molecular flexibility index (Phi) is 6.37. The van der Waals surface area contributed by atoms with Crippen molar-refractivity contribution >= 4 is 0 Å². The summed E-state index contributed by atoms with van der Waals surface area (Å²) in [5.41, 5.74) is 4.65. The molecule has 0 aromatic heterocycles. The predicted molar refractivity (Wildman–Crippen MR) is 128 cm³/mol. The lowest BCUT2D eigenvalue weighted by Crippen LogP contribution is -1.91. The van der Waals surface area contributed by atoms with Crippen LogP contribution in [0.1, 0.15) is 37.8 Å². The normalized spacial score (nSPS) is 10.8. The second-order valence-electron chi connectivity index (χ2n) is 7.95. The minimum Gasteiger partial charge on any atom is -0.457 e. The van der Waals surface area contributed by atoms with E-state index < -0.39 is 0 Å². The highest BCUT2D eigenvalue weighted by molar-refractivity contribution is 5.72. The first kappa shape index (κ1) is 20.7. The molecule has 156 valence electrons. The molecule has 0 aliphatic rings. The maximum Gasteiger partial charge on any atom is 0.135 e. The highest BCUT2D eigenvalue weighted by Crippen LogP contribution is 2.36. The van der Waals surface area contributed by atoms with Gasteiger partial charge in [0.25, 0.3) is 0 Å². The smallest absolute Gasteiger partial charge is 0.135 e. The Morgan fingerprint density at radius 2 is 1.35 bits per heavy atom. The zero-order valence-electron chi connectivity index (χ0n) is 18.3. The van der Waals surface area contributed by atoms with Crippen LogP contribution in [0.2, 0.25) is 0 Å². The summed E-state index contributed by atoms with van der Waals surface area (Å²) in [4.78, 5) is 0. The molecule has 2 nitrogen and oxygen atoms in total. The van der Waals surface area contributed by atoms with Gasteiger partial charge in [-0.3, -0.25) is 0 Å². The van der Waals surface area contributed by atoms with Crippen LogP contribution in [-0.4, -0.2) is 0 Å². The summed E-state index contributed by atoms with van der Waals surface area (Å²) < 4.78 is 12.4. The van der Waals surface area contributed by atoms with Gasteiger partial charge in [0.1, 0.15) is 23.0 Å². The summed E-state index contributed by atoms with van der Waals surface area (Å²) in [5.74, 6) is 3.82. The van der Waals surface area contributed by atoms with Crippen molar-refractivity contribution in [1.29, 1.82) is 0 Å². The van der Waals surface area contributed by atoms with Crippen LogP contribution >= 0.6 is 0 Å². The molecule has 0 fully saturated rings. The SMILES string of the molecule is CCc1cccc(Oc2cccc(-c3ccccc3Oc3ccc(C(C)C)cc3)c2)c1. The Bertz CT molecular complexity index is 1140. The molecule has 0 bridgehead atoms. The van der Waals surface area contributed by atoms with E-state index in [1.807, 2.05) is 54.6 Å². The van der Waals surface area contributed by atoms with E-state index in [9.17, 15) is 0 Å². The van der Waals surface area contributed by atoms with Gasteiger partial charge in [0.05, 0.1) is 0 Å². The lowest BCUT2D eigenvalue weighted by atomic mass is 10.0. The van der Waals surface area contributed by atoms with E-state index in [2.05, 4.69) is 63.2 Å². The summed E-state index contributed by atoms with van der Waals surface area (Å²) in [7, 11) is 0. The molecule has 0 heterocycles. The fraction of sp³-hybridized carbons (Fsp3) is 0.172. The quantitative estimate of drug-likeness (QED) is 0.305. The Morgan fingerprint density at radius 3 is 2.10 bits per heavy atom. The van der Waals surface area contributed by atoms with Crippen LogP contribution in [0.5, 0.6) is 23.0 Å². The maximum atomic E-state index is 6.25. The van der Waals surface area contributed by atoms with Gasteiger partial charge in [0.15, 0.2) is 0 Å². The fourth-order valence-electron chi connectivity index (χ4n) is 3.53. The van der Waals surface area contributed by atoms with Crippen molar-refractivity contribution in [1.82, 2.24) is 0 Å². The van der Waals surface area contributed by atoms with E-state index in [1.165, 1.54) is 11.1 Å². The fourth-order valence-corrected chi connectivity index (χ4v) is 3.53. The lowest BCUT2D eigenvalue weighted by molar-refractivity contribution is 0.481. The van der Waals surface area contributed by atoms with Gasteiger partial charge < -0.3 is 9.47 Å². The summed E-state index contributed by atoms with van der Waals surface area (Å²) >= 11 is 0. The molecule has 0 aliphatic heterocycles. The van der Waals surface area contributed by atoms with Crippen molar-refractivity contribution in [3.8, 4) is 34.1 Å². The van der Waals surface area contributed by atoms with Gasteiger partial charge >= 0.3 is 0 Å². The average Bonchev–Trinajstić information content (AvgIpc) is 2.80. The highest BCUT2D eigenvalue weighted by atomic mass is 16.5. The average molecular weight is 409 g/mol. The van der Waals surface area contributed by atoms with E-state index in [4.69, 9.17) is 9.47 Å². The van der Waals surface area contributed by atoms with Crippen LogP contribution < -0.4 is 9.47 Å². The van der Waals surface area contributed by atoms with Crippen molar-refractivity contribution < 1.29 is 9.47 Å². The van der Waals surface area contributed by atoms with Gasteiger partial charge in [-0.25, -0.2) is 0 Å². The van der Waals surface area contributed by atoms with Crippen LogP contribution in [0.4, 0.5) is 0 Å². The first-order chi connectivity index (χ1) is 15.1. The molecule has 0 saturated heterocycles. The number of hydrogen-bond acceptors (Lipinski definition) is 2. The topological polar surface area (TPSA) is 18.5 Å². The van der Waals surface area contributed by atoms with Crippen molar-refractivity contribution in [2.24, 2.45) is 0 Å². The van der Waals surface area contributed by atoms with Gasteiger partial charge in [-0.1, -0.05) is 75.4 Å². The molecule has 0 unspecified atom stereocenters. The number of rotatable bonds is 7. The van der Waals surface area contributed by atoms with Crippen LogP contribution in [-0.2, 0) is 6.42 Å². The van der Waals surface area contributed by atoms with Crippen LogP contribution in [0.3, 0.4) is 0 Å². The molecule has 0 N–H and O–H groups in total. The first-order valence-electron chi connectivity index (χ1n) is 10.9. The number of ether oxygens (including phenoxy) is 2. The maximum absolute atomic E-state index is 6.25. The molecule has 0 spiro atoms. The second-order valence-corrected chi connectivity index (χ2v) is 7.95. The Labute approximate surface area is 185 Å². The summed E-state index contributed by atoms with van der Waals surface area (Å²) in [5, 5.41) is 0. The van der Waals surface area contributed by atoms with Crippen LogP contribution in [0.25, 0.3) is 11.1 Å². The molecular formula is C29H28O2. The van der Waals surface area contributed by atoms with Crippen LogP contribution in [0, 0.1) is 0 Å². The number of hydrogen-bond donors (Lipinski definition) is 0. The van der Waals surface area contributed by atoms with Crippen molar-refractivity contribution in [2.75, 3.05) is 0 Å². The molecule has 0 aliphatic carbocycles. The molecular weight excluding hydrogens is 380 g/mol. The zero-order valence-corrected chi connectivity index (χ0v) is 18.3. The summed E-state index contributed by atoms with van der Waals surface area (Å²) in [6.07, 6.45) is 0.986. The second kappa shape index (κ2) is 9.53. The number of para-hydroxylation sites is 1. The van der Waals surface area contributed by atoms with Gasteiger partial charge in [0.2, 0.25) is 0 Å². The van der Waals surface area contributed by atoms with Crippen molar-refractivity contribution in [2.45, 2.75) is 33.1 Å². The molecule has 31 heavy (non-hydrogen) atoms. The monoisotopic (exact) mass is 408 g/mol. The standard InChI is InChI=1S/C29H28O2/c1-4-22-9-7-11-26(19-22)30-27-12-8-10-24(20-27)28-13-5-6-14-29(28)31-25-17-15-23(16-18-25)21(2)3/h5-21H,4H2,1-3H3. The summed E-state index contributed by atoms with van der Waals surface area (Å²) in [6, 6.07) is 32.8. The third kappa shape index (κ3) is 5.16. The molecule has 0 amide bonds. The largest absolute Gasteiger partial charge is 0.457 e. The third-order valence-corrected chi connectivity index (χ3v) is 5.35. The van der Waals surface area contributed by atoms with Crippen molar-refractivity contribution in [3.05, 3.63) is 108 Å². The Hall–Kier alpha value is -3.52. The minimum atomic E-state index is 0.502. The summed E-state index contributed by atoms with van der Waals surface area (Å²) in [6.45, 7) is 6.53. The first-order valence-corrected chi connectivity index (χ1v) is 10.9. The van der Waals surface area contributed by atoms with Crippen molar-refractivity contribution in [3.63, 3.8) is 0 Å². The molecule has 0 radical (unpaired) electrons. The lowest BCUT2D eigenvalue weighted by Gasteiger charge is -2.14. The van der Waals surface area contributed by atoms with E-state index in [-0.39, 0.29) is 0 Å². The van der Waals surface area contributed by atoms with Gasteiger partial charge in [-0.05, 0) is 71.5 Å². The van der Waals surface area contributed by atoms with Gasteiger partial charge in [-0.2, -0.15) is 0 Å². The van der Waals surface area contributed by atoms with Crippen LogP contribution in [0.15, 0.2) is 97.1 Å². The highest BCUT2D eigenvalue weighted by Gasteiger charge is 2.09. The minimum absolute atomic E-state index is 0.502. The molecule has 2 heteroatoms.